The van der Waals surface area contributed by atoms with E-state index in [1.807, 2.05) is 0 Å². The van der Waals surface area contributed by atoms with Gasteiger partial charge in [-0.25, -0.2) is 9.97 Å². The van der Waals surface area contributed by atoms with Gasteiger partial charge in [-0.1, -0.05) is 0 Å². The molecule has 0 amide bonds. The zero-order chi connectivity index (χ0) is 14.7. The van der Waals surface area contributed by atoms with Gasteiger partial charge < -0.3 is 13.9 Å². The second-order valence-electron chi connectivity index (χ2n) is 5.13. The molecule has 0 saturated carbocycles. The van der Waals surface area contributed by atoms with Crippen LogP contribution in [0.4, 0.5) is 0 Å². The van der Waals surface area contributed by atoms with Crippen molar-refractivity contribution < 1.29 is 4.74 Å². The molecular formula is C12H10Br4N4O. The lowest BCUT2D eigenvalue weighted by atomic mass is 10.2. The van der Waals surface area contributed by atoms with Crippen molar-refractivity contribution in [1.29, 1.82) is 0 Å². The van der Waals surface area contributed by atoms with Crippen LogP contribution in [-0.2, 0) is 17.8 Å². The summed E-state index contributed by atoms with van der Waals surface area (Å²) < 4.78 is 13.5. The minimum Gasteiger partial charge on any atom is -0.369 e. The average molecular weight is 546 g/mol. The molecule has 0 spiro atoms. The number of ether oxygens (including phenoxy) is 1. The fourth-order valence-electron chi connectivity index (χ4n) is 2.76. The predicted molar refractivity (Wildman–Crippen MR) is 92.1 cm³/mol. The van der Waals surface area contributed by atoms with E-state index < -0.39 is 0 Å². The second-order valence-corrected chi connectivity index (χ2v) is 8.13. The molecule has 0 radical (unpaired) electrons. The Balaban J connectivity index is 1.91. The van der Waals surface area contributed by atoms with E-state index >= 15 is 0 Å². The number of aromatic nitrogens is 4. The van der Waals surface area contributed by atoms with E-state index in [2.05, 4.69) is 82.8 Å². The Bertz CT molecular complexity index is 665. The van der Waals surface area contributed by atoms with Gasteiger partial charge in [0.15, 0.2) is 11.6 Å². The Kier molecular flexibility index (Phi) is 3.85. The predicted octanol–water partition coefficient (Wildman–Crippen LogP) is 4.36. The molecule has 2 unspecified atom stereocenters. The SMILES string of the molecule is Brc1nc2n(c1Br)CCC1OC1CCn1c-2nc(Br)c1Br. The molecule has 9 heteroatoms. The van der Waals surface area contributed by atoms with Crippen LogP contribution in [0.1, 0.15) is 12.8 Å². The minimum absolute atomic E-state index is 0.373. The van der Waals surface area contributed by atoms with Crippen molar-refractivity contribution in [2.45, 2.75) is 38.1 Å². The molecule has 0 bridgehead atoms. The van der Waals surface area contributed by atoms with E-state index in [9.17, 15) is 0 Å². The summed E-state index contributed by atoms with van der Waals surface area (Å²) in [5.74, 6) is 1.72. The van der Waals surface area contributed by atoms with Crippen molar-refractivity contribution in [2.75, 3.05) is 0 Å². The smallest absolute Gasteiger partial charge is 0.178 e. The van der Waals surface area contributed by atoms with Crippen LogP contribution in [0.5, 0.6) is 0 Å². The fourth-order valence-corrected chi connectivity index (χ4v) is 4.39. The molecule has 1 fully saturated rings. The summed E-state index contributed by atoms with van der Waals surface area (Å²) in [7, 11) is 0. The fraction of sp³-hybridized carbons (Fsp3) is 0.500. The molecular weight excluding hydrogens is 536 g/mol. The van der Waals surface area contributed by atoms with Gasteiger partial charge in [0.05, 0.1) is 12.2 Å². The maximum absolute atomic E-state index is 5.75. The third-order valence-corrected chi connectivity index (χ3v) is 7.67. The van der Waals surface area contributed by atoms with Crippen LogP contribution in [0.2, 0.25) is 0 Å². The molecule has 112 valence electrons. The van der Waals surface area contributed by atoms with Crippen LogP contribution in [0.25, 0.3) is 11.6 Å². The zero-order valence-corrected chi connectivity index (χ0v) is 17.0. The van der Waals surface area contributed by atoms with Gasteiger partial charge in [-0.2, -0.15) is 0 Å². The van der Waals surface area contributed by atoms with Crippen LogP contribution in [0, 0.1) is 0 Å². The normalized spacial score (nSPS) is 24.2. The van der Waals surface area contributed by atoms with Crippen molar-refractivity contribution in [3.63, 3.8) is 0 Å². The van der Waals surface area contributed by atoms with Crippen LogP contribution in [0.3, 0.4) is 0 Å². The van der Waals surface area contributed by atoms with E-state index in [0.29, 0.717) is 12.2 Å². The molecule has 4 heterocycles. The molecule has 0 aromatic carbocycles. The highest BCUT2D eigenvalue weighted by Gasteiger charge is 2.39. The summed E-state index contributed by atoms with van der Waals surface area (Å²) in [6.45, 7) is 1.72. The van der Waals surface area contributed by atoms with Gasteiger partial charge in [0, 0.05) is 13.1 Å². The van der Waals surface area contributed by atoms with Gasteiger partial charge in [-0.05, 0) is 76.6 Å². The van der Waals surface area contributed by atoms with Crippen molar-refractivity contribution in [3.05, 3.63) is 18.4 Å². The highest BCUT2D eigenvalue weighted by molar-refractivity contribution is 9.13. The van der Waals surface area contributed by atoms with Crippen molar-refractivity contribution in [1.82, 2.24) is 19.1 Å². The first-order valence-corrected chi connectivity index (χ1v) is 9.72. The van der Waals surface area contributed by atoms with E-state index in [1.54, 1.807) is 0 Å². The lowest BCUT2D eigenvalue weighted by Gasteiger charge is -2.12. The van der Waals surface area contributed by atoms with Crippen LogP contribution in [0.15, 0.2) is 18.4 Å². The summed E-state index contributed by atoms with van der Waals surface area (Å²) in [6, 6.07) is 0. The molecule has 2 aromatic rings. The van der Waals surface area contributed by atoms with Crippen molar-refractivity contribution in [2.24, 2.45) is 0 Å². The standard InChI is InChI=1S/C12H10Br4N4O/c13-7-9(15)19-3-1-5-6(21-5)2-4-20-10(16)8(14)18-12(20)11(19)17-7/h5-6H,1-4H2. The number of halogens is 4. The summed E-state index contributed by atoms with van der Waals surface area (Å²) in [5.41, 5.74) is 0. The number of nitrogens with zero attached hydrogens (tertiary/aromatic N) is 4. The summed E-state index contributed by atoms with van der Waals surface area (Å²) >= 11 is 14.2. The van der Waals surface area contributed by atoms with E-state index in [4.69, 9.17) is 4.74 Å². The number of fused-ring (bicyclic) bond motifs is 4. The first kappa shape index (κ1) is 14.9. The third-order valence-electron chi connectivity index (χ3n) is 3.90. The maximum Gasteiger partial charge on any atom is 0.178 e. The van der Waals surface area contributed by atoms with E-state index in [0.717, 1.165) is 56.0 Å². The van der Waals surface area contributed by atoms with E-state index in [1.165, 1.54) is 0 Å². The lowest BCUT2D eigenvalue weighted by molar-refractivity contribution is 0.346. The Morgan fingerprint density at radius 3 is 1.67 bits per heavy atom. The molecule has 2 aliphatic heterocycles. The highest BCUT2D eigenvalue weighted by Crippen LogP contribution is 2.38. The quantitative estimate of drug-likeness (QED) is 0.463. The topological polar surface area (TPSA) is 48.2 Å². The molecule has 1 saturated heterocycles. The van der Waals surface area contributed by atoms with Crippen LogP contribution >= 0.6 is 63.7 Å². The summed E-state index contributed by atoms with van der Waals surface area (Å²) in [6.07, 6.45) is 2.75. The monoisotopic (exact) mass is 542 g/mol. The van der Waals surface area contributed by atoms with Gasteiger partial charge >= 0.3 is 0 Å². The van der Waals surface area contributed by atoms with Gasteiger partial charge in [-0.3, -0.25) is 0 Å². The number of imidazole rings is 2. The van der Waals surface area contributed by atoms with Crippen molar-refractivity contribution in [3.8, 4) is 11.6 Å². The number of rotatable bonds is 0. The first-order chi connectivity index (χ1) is 10.1. The number of hydrogen-bond acceptors (Lipinski definition) is 3. The molecule has 0 aliphatic carbocycles. The Morgan fingerprint density at radius 2 is 1.24 bits per heavy atom. The average Bonchev–Trinajstić information content (AvgIpc) is 3.08. The largest absolute Gasteiger partial charge is 0.369 e. The molecule has 2 aliphatic rings. The van der Waals surface area contributed by atoms with Crippen molar-refractivity contribution >= 4 is 63.7 Å². The zero-order valence-electron chi connectivity index (χ0n) is 10.7. The Morgan fingerprint density at radius 1 is 0.810 bits per heavy atom. The maximum atomic E-state index is 5.75. The van der Waals surface area contributed by atoms with Crippen LogP contribution < -0.4 is 0 Å². The number of hydrogen-bond donors (Lipinski definition) is 0. The molecule has 21 heavy (non-hydrogen) atoms. The number of epoxide rings is 1. The minimum atomic E-state index is 0.373. The van der Waals surface area contributed by atoms with E-state index in [-0.39, 0.29) is 0 Å². The van der Waals surface area contributed by atoms with Gasteiger partial charge in [0.2, 0.25) is 0 Å². The van der Waals surface area contributed by atoms with Gasteiger partial charge in [0.25, 0.3) is 0 Å². The summed E-state index contributed by atoms with van der Waals surface area (Å²) in [4.78, 5) is 9.25. The first-order valence-electron chi connectivity index (χ1n) is 6.55. The lowest BCUT2D eigenvalue weighted by Crippen LogP contribution is -2.12. The Hall–Kier alpha value is 0.300. The molecule has 2 atom stereocenters. The van der Waals surface area contributed by atoms with Gasteiger partial charge in [-0.15, -0.1) is 0 Å². The highest BCUT2D eigenvalue weighted by atomic mass is 79.9. The molecule has 0 N–H and O–H groups in total. The molecule has 2 aromatic heterocycles. The molecule has 5 nitrogen and oxygen atoms in total. The summed E-state index contributed by atoms with van der Waals surface area (Å²) in [5, 5.41) is 0. The Labute approximate surface area is 155 Å². The van der Waals surface area contributed by atoms with Gasteiger partial charge in [0.1, 0.15) is 18.4 Å². The third kappa shape index (κ3) is 2.49. The van der Waals surface area contributed by atoms with Crippen LogP contribution in [-0.4, -0.2) is 31.3 Å². The second kappa shape index (κ2) is 5.43. The molecule has 4 rings (SSSR count).